The number of anilines is 3. The van der Waals surface area contributed by atoms with E-state index < -0.39 is 5.60 Å². The van der Waals surface area contributed by atoms with Gasteiger partial charge in [0.1, 0.15) is 15.9 Å². The van der Waals surface area contributed by atoms with Gasteiger partial charge in [-0.05, 0) is 58.2 Å². The van der Waals surface area contributed by atoms with Gasteiger partial charge in [0.2, 0.25) is 5.95 Å². The van der Waals surface area contributed by atoms with Gasteiger partial charge in [0, 0.05) is 48.1 Å². The Morgan fingerprint density at radius 2 is 1.93 bits per heavy atom. The van der Waals surface area contributed by atoms with Crippen molar-refractivity contribution in [3.63, 3.8) is 0 Å². The molecule has 0 bridgehead atoms. The zero-order chi connectivity index (χ0) is 31.9. The number of hydrogen-bond donors (Lipinski definition) is 2. The van der Waals surface area contributed by atoms with Gasteiger partial charge in [-0.15, -0.1) is 17.9 Å². The Hall–Kier alpha value is -4.59. The summed E-state index contributed by atoms with van der Waals surface area (Å²) in [5, 5.41) is 15.2. The minimum atomic E-state index is -1.18. The van der Waals surface area contributed by atoms with Crippen molar-refractivity contribution in [3.8, 4) is 5.82 Å². The van der Waals surface area contributed by atoms with Gasteiger partial charge in [0.15, 0.2) is 11.5 Å². The van der Waals surface area contributed by atoms with Crippen molar-refractivity contribution in [3.05, 3.63) is 76.2 Å². The fourth-order valence-corrected chi connectivity index (χ4v) is 6.62. The molecule has 1 aliphatic heterocycles. The van der Waals surface area contributed by atoms with E-state index in [0.29, 0.717) is 34.0 Å². The summed E-state index contributed by atoms with van der Waals surface area (Å²) in [5.41, 5.74) is 0.995. The van der Waals surface area contributed by atoms with E-state index in [4.69, 9.17) is 9.72 Å². The molecule has 4 aromatic heterocycles. The minimum absolute atomic E-state index is 0.222. The van der Waals surface area contributed by atoms with Gasteiger partial charge < -0.3 is 25.0 Å². The SMILES string of the molecule is C=CCn1c(=O)c2cnc(Nc3ccc4c(N5CCN(C)CC5)c(C(=O)OCC)sc4c3)nc2n1-c1cccc(C(C)(C)O)n1. The van der Waals surface area contributed by atoms with Crippen molar-refractivity contribution < 1.29 is 14.6 Å². The third kappa shape index (κ3) is 5.81. The summed E-state index contributed by atoms with van der Waals surface area (Å²) in [7, 11) is 2.10. The number of likely N-dealkylation sites (N-methyl/N-ethyl adjacent to an activating group) is 1. The number of aromatic nitrogens is 5. The number of carbonyl (C=O) groups is 1. The van der Waals surface area contributed by atoms with Crippen LogP contribution in [0, 0.1) is 0 Å². The van der Waals surface area contributed by atoms with E-state index in [2.05, 4.69) is 38.7 Å². The molecule has 0 aliphatic carbocycles. The van der Waals surface area contributed by atoms with E-state index >= 15 is 0 Å². The van der Waals surface area contributed by atoms with Gasteiger partial charge in [-0.3, -0.25) is 4.79 Å². The number of benzene rings is 1. The average molecular weight is 629 g/mol. The second kappa shape index (κ2) is 12.1. The molecular formula is C32H36N8O4S. The quantitative estimate of drug-likeness (QED) is 0.180. The van der Waals surface area contributed by atoms with Crippen molar-refractivity contribution in [2.75, 3.05) is 50.1 Å². The lowest BCUT2D eigenvalue weighted by Crippen LogP contribution is -2.44. The first-order valence-corrected chi connectivity index (χ1v) is 15.6. The number of pyridine rings is 1. The van der Waals surface area contributed by atoms with Crippen LogP contribution in [-0.4, -0.2) is 80.1 Å². The molecule has 6 rings (SSSR count). The number of hydrogen-bond acceptors (Lipinski definition) is 11. The number of fused-ring (bicyclic) bond motifs is 2. The predicted molar refractivity (Wildman–Crippen MR) is 177 cm³/mol. The highest BCUT2D eigenvalue weighted by Crippen LogP contribution is 2.41. The first-order chi connectivity index (χ1) is 21.6. The van der Waals surface area contributed by atoms with Crippen LogP contribution in [0.25, 0.3) is 26.9 Å². The molecule has 12 nitrogen and oxygen atoms in total. The molecule has 0 amide bonds. The lowest BCUT2D eigenvalue weighted by atomic mass is 10.1. The summed E-state index contributed by atoms with van der Waals surface area (Å²) in [6, 6.07) is 11.2. The van der Waals surface area contributed by atoms with E-state index in [1.54, 1.807) is 42.8 Å². The molecule has 0 atom stereocenters. The number of rotatable bonds is 9. The summed E-state index contributed by atoms with van der Waals surface area (Å²) < 4.78 is 9.46. The van der Waals surface area contributed by atoms with Crippen LogP contribution in [0.5, 0.6) is 0 Å². The summed E-state index contributed by atoms with van der Waals surface area (Å²) in [4.78, 5) is 45.3. The molecule has 0 radical (unpaired) electrons. The number of esters is 1. The Labute approximate surface area is 264 Å². The number of allylic oxidation sites excluding steroid dienone is 1. The van der Waals surface area contributed by atoms with Crippen molar-refractivity contribution in [1.82, 2.24) is 29.2 Å². The van der Waals surface area contributed by atoms with E-state index in [1.807, 2.05) is 25.1 Å². The highest BCUT2D eigenvalue weighted by molar-refractivity contribution is 7.21. The van der Waals surface area contributed by atoms with Crippen molar-refractivity contribution in [2.45, 2.75) is 32.9 Å². The van der Waals surface area contributed by atoms with Gasteiger partial charge in [-0.2, -0.15) is 4.98 Å². The summed E-state index contributed by atoms with van der Waals surface area (Å²) >= 11 is 1.41. The highest BCUT2D eigenvalue weighted by Gasteiger charge is 2.27. The van der Waals surface area contributed by atoms with Gasteiger partial charge >= 0.3 is 5.97 Å². The second-order valence-electron chi connectivity index (χ2n) is 11.5. The van der Waals surface area contributed by atoms with E-state index in [0.717, 1.165) is 47.6 Å². The molecule has 45 heavy (non-hydrogen) atoms. The zero-order valence-electron chi connectivity index (χ0n) is 25.8. The molecule has 5 aromatic rings. The first kappa shape index (κ1) is 30.4. The maximum absolute atomic E-state index is 13.4. The Morgan fingerprint density at radius 1 is 1.16 bits per heavy atom. The summed E-state index contributed by atoms with van der Waals surface area (Å²) in [6.07, 6.45) is 3.12. The molecule has 0 unspecified atom stereocenters. The number of piperazine rings is 1. The Kier molecular flexibility index (Phi) is 8.16. The summed E-state index contributed by atoms with van der Waals surface area (Å²) in [6.45, 7) is 12.9. The molecule has 2 N–H and O–H groups in total. The number of nitrogens with one attached hydrogen (secondary N) is 1. The monoisotopic (exact) mass is 628 g/mol. The molecule has 5 heterocycles. The average Bonchev–Trinajstić information content (AvgIpc) is 3.52. The molecule has 0 spiro atoms. The topological polar surface area (TPSA) is 131 Å². The first-order valence-electron chi connectivity index (χ1n) is 14.8. The Bertz CT molecular complexity index is 1960. The van der Waals surface area contributed by atoms with Crippen LogP contribution in [-0.2, 0) is 16.9 Å². The Morgan fingerprint density at radius 3 is 2.64 bits per heavy atom. The highest BCUT2D eigenvalue weighted by atomic mass is 32.1. The van der Waals surface area contributed by atoms with E-state index in [-0.39, 0.29) is 24.0 Å². The lowest BCUT2D eigenvalue weighted by Gasteiger charge is -2.34. The van der Waals surface area contributed by atoms with Crippen LogP contribution in [0.1, 0.15) is 36.1 Å². The van der Waals surface area contributed by atoms with Gasteiger partial charge in [-0.25, -0.2) is 24.1 Å². The van der Waals surface area contributed by atoms with Gasteiger partial charge in [0.05, 0.1) is 24.5 Å². The van der Waals surface area contributed by atoms with Crippen molar-refractivity contribution >= 4 is 55.7 Å². The lowest BCUT2D eigenvalue weighted by molar-refractivity contribution is 0.0532. The number of nitrogens with zero attached hydrogens (tertiary/aromatic N) is 7. The van der Waals surface area contributed by atoms with Crippen LogP contribution in [0.4, 0.5) is 17.3 Å². The number of ether oxygens (including phenoxy) is 1. The van der Waals surface area contributed by atoms with E-state index in [9.17, 15) is 14.7 Å². The van der Waals surface area contributed by atoms with Crippen molar-refractivity contribution in [1.29, 1.82) is 0 Å². The Balaban J connectivity index is 1.40. The van der Waals surface area contributed by atoms with Gasteiger partial charge in [0.25, 0.3) is 5.56 Å². The molecular weight excluding hydrogens is 592 g/mol. The van der Waals surface area contributed by atoms with E-state index in [1.165, 1.54) is 22.2 Å². The van der Waals surface area contributed by atoms with Crippen LogP contribution in [0.15, 0.2) is 60.0 Å². The zero-order valence-corrected chi connectivity index (χ0v) is 26.6. The fraction of sp³-hybridized carbons (Fsp3) is 0.344. The maximum Gasteiger partial charge on any atom is 0.350 e. The van der Waals surface area contributed by atoms with Crippen molar-refractivity contribution in [2.24, 2.45) is 0 Å². The second-order valence-corrected chi connectivity index (χ2v) is 12.5. The van der Waals surface area contributed by atoms with Gasteiger partial charge in [-0.1, -0.05) is 12.1 Å². The smallest absolute Gasteiger partial charge is 0.350 e. The van der Waals surface area contributed by atoms with Crippen LogP contribution in [0.2, 0.25) is 0 Å². The molecule has 1 fully saturated rings. The molecule has 1 saturated heterocycles. The molecule has 0 saturated carbocycles. The fourth-order valence-electron chi connectivity index (χ4n) is 5.46. The van der Waals surface area contributed by atoms with Crippen LogP contribution in [0.3, 0.4) is 0 Å². The number of aliphatic hydroxyl groups is 1. The normalized spacial score (nSPS) is 14.3. The largest absolute Gasteiger partial charge is 0.462 e. The third-order valence-corrected chi connectivity index (χ3v) is 8.88. The maximum atomic E-state index is 13.4. The van der Waals surface area contributed by atoms with Crippen LogP contribution >= 0.6 is 11.3 Å². The number of carbonyl (C=O) groups excluding carboxylic acids is 1. The molecule has 1 aliphatic rings. The minimum Gasteiger partial charge on any atom is -0.462 e. The summed E-state index contributed by atoms with van der Waals surface area (Å²) in [5.74, 6) is 0.391. The molecule has 13 heteroatoms. The standard InChI is InChI=1S/C32H36N8O4S/c1-6-13-39-29(41)22-19-33-31(36-28(22)40(39)25-10-8-9-24(35-25)32(3,4)43)34-20-11-12-21-23(18-20)45-27(30(42)44-7-2)26(21)38-16-14-37(5)15-17-38/h6,8-12,18-19,43H,1,7,13-17H2,2-5H3,(H,33,34,36). The third-order valence-electron chi connectivity index (χ3n) is 7.76. The predicted octanol–water partition coefficient (Wildman–Crippen LogP) is 4.28. The number of thiophene rings is 1. The van der Waals surface area contributed by atoms with Crippen LogP contribution < -0.4 is 15.8 Å². The molecule has 1 aromatic carbocycles. The molecule has 234 valence electrons.